The van der Waals surface area contributed by atoms with E-state index in [1.54, 1.807) is 0 Å². The summed E-state index contributed by atoms with van der Waals surface area (Å²) in [4.78, 5) is 13.1. The summed E-state index contributed by atoms with van der Waals surface area (Å²) >= 11 is 11.7. The average Bonchev–Trinajstić information content (AvgIpc) is 2.63. The molecule has 0 radical (unpaired) electrons. The van der Waals surface area contributed by atoms with Crippen molar-refractivity contribution in [3.8, 4) is 0 Å². The maximum absolute atomic E-state index is 12.4. The number of hydrogen-bond donors (Lipinski definition) is 0. The van der Waals surface area contributed by atoms with Gasteiger partial charge >= 0.3 is 0 Å². The molecule has 1 heterocycles. The molecule has 0 saturated carbocycles. The van der Waals surface area contributed by atoms with Crippen LogP contribution in [0.15, 0.2) is 37.0 Å². The Labute approximate surface area is 129 Å². The van der Waals surface area contributed by atoms with Crippen LogP contribution in [0.1, 0.15) is 20.8 Å². The quantitative estimate of drug-likeness (QED) is 0.560. The van der Waals surface area contributed by atoms with Crippen LogP contribution in [-0.2, 0) is 0 Å². The van der Waals surface area contributed by atoms with E-state index in [9.17, 15) is 4.79 Å². The van der Waals surface area contributed by atoms with E-state index in [1.807, 2.05) is 30.5 Å². The monoisotopic (exact) mass is 436 g/mol. The summed E-state index contributed by atoms with van der Waals surface area (Å²) in [6, 6.07) is 5.66. The fraction of sp³-hybridized carbons (Fsp3) is 0.0833. The Kier molecular flexibility index (Phi) is 4.23. The molecular weight excluding hydrogens is 432 g/mol. The maximum Gasteiger partial charge on any atom is 0.204 e. The number of thiophene rings is 1. The molecule has 0 aliphatic heterocycles. The number of carbonyl (C=O) groups excluding carboxylic acids is 1. The van der Waals surface area contributed by atoms with Gasteiger partial charge in [-0.05, 0) is 50.4 Å². The second kappa shape index (κ2) is 5.34. The molecule has 5 heteroatoms. The van der Waals surface area contributed by atoms with E-state index >= 15 is 0 Å². The van der Waals surface area contributed by atoms with Crippen molar-refractivity contribution in [2.45, 2.75) is 6.92 Å². The van der Waals surface area contributed by atoms with Gasteiger partial charge in [-0.25, -0.2) is 0 Å². The normalized spacial score (nSPS) is 10.6. The zero-order valence-corrected chi connectivity index (χ0v) is 14.3. The van der Waals surface area contributed by atoms with Gasteiger partial charge in [0.15, 0.2) is 0 Å². The molecule has 0 aliphatic rings. The Balaban J connectivity index is 2.51. The van der Waals surface area contributed by atoms with E-state index in [0.29, 0.717) is 0 Å². The molecule has 0 unspecified atom stereocenters. The second-order valence-electron chi connectivity index (χ2n) is 3.47. The number of carbonyl (C=O) groups is 1. The maximum atomic E-state index is 12.4. The van der Waals surface area contributed by atoms with E-state index in [0.717, 1.165) is 29.4 Å². The van der Waals surface area contributed by atoms with E-state index < -0.39 is 0 Å². The first kappa shape index (κ1) is 13.5. The van der Waals surface area contributed by atoms with Crippen LogP contribution in [0, 0.1) is 6.92 Å². The minimum atomic E-state index is 0.0476. The van der Waals surface area contributed by atoms with E-state index in [1.165, 1.54) is 11.3 Å². The smallest absolute Gasteiger partial charge is 0.204 e. The summed E-state index contributed by atoms with van der Waals surface area (Å²) < 4.78 is 2.69. The lowest BCUT2D eigenvalue weighted by Gasteiger charge is -2.05. The van der Waals surface area contributed by atoms with Crippen molar-refractivity contribution >= 4 is 64.9 Å². The van der Waals surface area contributed by atoms with Crippen molar-refractivity contribution in [1.82, 2.24) is 0 Å². The van der Waals surface area contributed by atoms with E-state index in [-0.39, 0.29) is 5.78 Å². The minimum Gasteiger partial charge on any atom is -0.288 e. The Morgan fingerprint density at radius 2 is 1.88 bits per heavy atom. The number of rotatable bonds is 2. The first-order chi connectivity index (χ1) is 8.02. The van der Waals surface area contributed by atoms with Crippen molar-refractivity contribution < 1.29 is 4.79 Å². The van der Waals surface area contributed by atoms with Gasteiger partial charge in [-0.15, -0.1) is 11.3 Å². The third-order valence-electron chi connectivity index (χ3n) is 2.41. The summed E-state index contributed by atoms with van der Waals surface area (Å²) in [5, 5.41) is 1.91. The minimum absolute atomic E-state index is 0.0476. The van der Waals surface area contributed by atoms with Crippen molar-refractivity contribution in [1.29, 1.82) is 0 Å². The molecule has 0 bridgehead atoms. The standard InChI is InChI=1S/C12H7Br3OS/c1-6-7(3-2-4-8(6)13)11(16)12-10(15)9(14)5-17-12/h2-5H,1H3. The number of halogens is 3. The van der Waals surface area contributed by atoms with Crippen molar-refractivity contribution in [3.05, 3.63) is 53.0 Å². The highest BCUT2D eigenvalue weighted by molar-refractivity contribution is 9.13. The summed E-state index contributed by atoms with van der Waals surface area (Å²) in [7, 11) is 0. The van der Waals surface area contributed by atoms with Crippen LogP contribution in [0.2, 0.25) is 0 Å². The van der Waals surface area contributed by atoms with Crippen LogP contribution in [0.4, 0.5) is 0 Å². The predicted octanol–water partition coefficient (Wildman–Crippen LogP) is 5.58. The predicted molar refractivity (Wildman–Crippen MR) is 82.0 cm³/mol. The largest absolute Gasteiger partial charge is 0.288 e. The number of benzene rings is 1. The zero-order chi connectivity index (χ0) is 12.6. The molecule has 2 aromatic rings. The second-order valence-corrected chi connectivity index (χ2v) is 6.85. The lowest BCUT2D eigenvalue weighted by atomic mass is 10.0. The Hall–Kier alpha value is 0.0300. The van der Waals surface area contributed by atoms with Crippen LogP contribution in [0.5, 0.6) is 0 Å². The molecule has 1 nitrogen and oxygen atoms in total. The topological polar surface area (TPSA) is 17.1 Å². The molecular formula is C12H7Br3OS. The first-order valence-electron chi connectivity index (χ1n) is 4.74. The number of hydrogen-bond acceptors (Lipinski definition) is 2. The Morgan fingerprint density at radius 3 is 2.47 bits per heavy atom. The van der Waals surface area contributed by atoms with E-state index in [2.05, 4.69) is 47.8 Å². The highest BCUT2D eigenvalue weighted by atomic mass is 79.9. The third kappa shape index (κ3) is 2.57. The van der Waals surface area contributed by atoms with Crippen molar-refractivity contribution in [2.24, 2.45) is 0 Å². The summed E-state index contributed by atoms with van der Waals surface area (Å²) in [5.74, 6) is 0.0476. The van der Waals surface area contributed by atoms with Crippen LogP contribution < -0.4 is 0 Å². The molecule has 2 rings (SSSR count). The van der Waals surface area contributed by atoms with Gasteiger partial charge in [0.2, 0.25) is 5.78 Å². The molecule has 0 spiro atoms. The molecule has 0 aliphatic carbocycles. The van der Waals surface area contributed by atoms with Crippen molar-refractivity contribution in [3.63, 3.8) is 0 Å². The molecule has 17 heavy (non-hydrogen) atoms. The van der Waals surface area contributed by atoms with Crippen LogP contribution in [0.3, 0.4) is 0 Å². The lowest BCUT2D eigenvalue weighted by Crippen LogP contribution is -2.02. The fourth-order valence-electron chi connectivity index (χ4n) is 1.45. The van der Waals surface area contributed by atoms with Gasteiger partial charge < -0.3 is 0 Å². The van der Waals surface area contributed by atoms with Gasteiger partial charge in [0, 0.05) is 19.9 Å². The summed E-state index contributed by atoms with van der Waals surface area (Å²) in [5.41, 5.74) is 1.70. The highest BCUT2D eigenvalue weighted by Gasteiger charge is 2.18. The zero-order valence-electron chi connectivity index (χ0n) is 8.76. The van der Waals surface area contributed by atoms with Crippen LogP contribution in [-0.4, -0.2) is 5.78 Å². The van der Waals surface area contributed by atoms with Gasteiger partial charge in [-0.1, -0.05) is 28.1 Å². The van der Waals surface area contributed by atoms with Gasteiger partial charge in [0.25, 0.3) is 0 Å². The molecule has 0 fully saturated rings. The summed E-state index contributed by atoms with van der Waals surface area (Å²) in [6.07, 6.45) is 0. The molecule has 0 atom stereocenters. The Morgan fingerprint density at radius 1 is 1.18 bits per heavy atom. The Bertz CT molecular complexity index is 589. The molecule has 0 saturated heterocycles. The fourth-order valence-corrected chi connectivity index (χ4v) is 3.92. The third-order valence-corrected chi connectivity index (χ3v) is 6.79. The molecule has 0 N–H and O–H groups in total. The van der Waals surface area contributed by atoms with Crippen LogP contribution >= 0.6 is 59.1 Å². The van der Waals surface area contributed by atoms with Gasteiger partial charge in [0.05, 0.1) is 9.35 Å². The molecule has 88 valence electrons. The molecule has 1 aromatic carbocycles. The lowest BCUT2D eigenvalue weighted by molar-refractivity contribution is 0.104. The van der Waals surface area contributed by atoms with Gasteiger partial charge in [-0.2, -0.15) is 0 Å². The average molecular weight is 439 g/mol. The highest BCUT2D eigenvalue weighted by Crippen LogP contribution is 2.35. The summed E-state index contributed by atoms with van der Waals surface area (Å²) in [6.45, 7) is 1.94. The van der Waals surface area contributed by atoms with Crippen LogP contribution in [0.25, 0.3) is 0 Å². The molecule has 1 aromatic heterocycles. The molecule has 0 amide bonds. The SMILES string of the molecule is Cc1c(Br)cccc1C(=O)c1scc(Br)c1Br. The number of ketones is 1. The van der Waals surface area contributed by atoms with Crippen molar-refractivity contribution in [2.75, 3.05) is 0 Å². The van der Waals surface area contributed by atoms with Gasteiger partial charge in [0.1, 0.15) is 0 Å². The van der Waals surface area contributed by atoms with Gasteiger partial charge in [-0.3, -0.25) is 4.79 Å². The van der Waals surface area contributed by atoms with E-state index in [4.69, 9.17) is 0 Å². The first-order valence-corrected chi connectivity index (χ1v) is 8.00.